The Balaban J connectivity index is 1.54. The number of halogens is 1. The molecule has 3 aromatic rings. The van der Waals surface area contributed by atoms with Gasteiger partial charge in [-0.1, -0.05) is 18.2 Å². The van der Waals surface area contributed by atoms with Crippen molar-refractivity contribution in [3.05, 3.63) is 66.1 Å². The molecule has 8 heteroatoms. The molecular formula is C21H24FN3O3S. The molecule has 1 aliphatic rings. The third-order valence-corrected chi connectivity index (χ3v) is 6.68. The van der Waals surface area contributed by atoms with Gasteiger partial charge in [-0.25, -0.2) is 12.8 Å². The van der Waals surface area contributed by atoms with Gasteiger partial charge in [0, 0.05) is 44.3 Å². The number of fused-ring (bicyclic) bond motifs is 1. The zero-order valence-electron chi connectivity index (χ0n) is 16.3. The van der Waals surface area contributed by atoms with Crippen LogP contribution in [0.1, 0.15) is 5.56 Å². The molecule has 1 fully saturated rings. The lowest BCUT2D eigenvalue weighted by molar-refractivity contribution is 0.145. The number of benzene rings is 2. The summed E-state index contributed by atoms with van der Waals surface area (Å²) in [6.45, 7) is 4.84. The Hall–Kier alpha value is -2.42. The molecule has 0 spiro atoms. The minimum atomic E-state index is -3.69. The Bertz CT molecular complexity index is 1090. The van der Waals surface area contributed by atoms with Crippen LogP contribution < -0.4 is 4.84 Å². The van der Waals surface area contributed by atoms with Gasteiger partial charge in [0.15, 0.2) is 0 Å². The van der Waals surface area contributed by atoms with Crippen molar-refractivity contribution < 1.29 is 17.6 Å². The Morgan fingerprint density at radius 1 is 1.00 bits per heavy atom. The SMILES string of the molecule is CN1CCN(Cc2cn(OCS(=O)(=O)c3ccc(F)cc3)c3ccccc23)CC1. The van der Waals surface area contributed by atoms with E-state index in [0.717, 1.165) is 61.3 Å². The normalized spacial score (nSPS) is 16.3. The summed E-state index contributed by atoms with van der Waals surface area (Å²) in [5, 5.41) is 1.05. The van der Waals surface area contributed by atoms with E-state index >= 15 is 0 Å². The van der Waals surface area contributed by atoms with Gasteiger partial charge in [0.1, 0.15) is 5.82 Å². The van der Waals surface area contributed by atoms with E-state index in [2.05, 4.69) is 16.8 Å². The van der Waals surface area contributed by atoms with E-state index in [4.69, 9.17) is 4.84 Å². The second-order valence-corrected chi connectivity index (χ2v) is 9.33. The van der Waals surface area contributed by atoms with Gasteiger partial charge >= 0.3 is 0 Å². The van der Waals surface area contributed by atoms with Crippen molar-refractivity contribution in [1.82, 2.24) is 14.5 Å². The number of sulfone groups is 1. The second-order valence-electron chi connectivity index (χ2n) is 7.39. The Kier molecular flexibility index (Phi) is 5.58. The Morgan fingerprint density at radius 3 is 2.41 bits per heavy atom. The van der Waals surface area contributed by atoms with Gasteiger partial charge < -0.3 is 9.74 Å². The van der Waals surface area contributed by atoms with E-state index in [1.807, 2.05) is 30.5 Å². The topological polar surface area (TPSA) is 54.8 Å². The van der Waals surface area contributed by atoms with Gasteiger partial charge in [0.2, 0.25) is 15.8 Å². The summed E-state index contributed by atoms with van der Waals surface area (Å²) in [5.74, 6) is -1.000. The van der Waals surface area contributed by atoms with Crippen LogP contribution in [-0.4, -0.2) is 62.1 Å². The smallest absolute Gasteiger partial charge is 0.219 e. The highest BCUT2D eigenvalue weighted by Crippen LogP contribution is 2.23. The van der Waals surface area contributed by atoms with Crippen molar-refractivity contribution in [1.29, 1.82) is 0 Å². The van der Waals surface area contributed by atoms with Crippen LogP contribution >= 0.6 is 0 Å². The molecule has 0 N–H and O–H groups in total. The predicted octanol–water partition coefficient (Wildman–Crippen LogP) is 2.39. The fourth-order valence-corrected chi connectivity index (χ4v) is 4.47. The van der Waals surface area contributed by atoms with Gasteiger partial charge in [-0.15, -0.1) is 0 Å². The van der Waals surface area contributed by atoms with Crippen LogP contribution in [0.3, 0.4) is 0 Å². The van der Waals surface area contributed by atoms with Crippen LogP contribution in [-0.2, 0) is 16.4 Å². The summed E-state index contributed by atoms with van der Waals surface area (Å²) >= 11 is 0. The first-order valence-corrected chi connectivity index (χ1v) is 11.2. The summed E-state index contributed by atoms with van der Waals surface area (Å²) in [5.41, 5.74) is 1.93. The molecule has 1 aliphatic heterocycles. The van der Waals surface area contributed by atoms with Crippen LogP contribution in [0.15, 0.2) is 59.6 Å². The largest absolute Gasteiger partial charge is 0.397 e. The summed E-state index contributed by atoms with van der Waals surface area (Å²) in [6, 6.07) is 12.6. The van der Waals surface area contributed by atoms with Crippen molar-refractivity contribution in [2.45, 2.75) is 11.4 Å². The van der Waals surface area contributed by atoms with Gasteiger partial charge in [-0.05, 0) is 42.9 Å². The van der Waals surface area contributed by atoms with Gasteiger partial charge in [-0.3, -0.25) is 4.90 Å². The highest BCUT2D eigenvalue weighted by Gasteiger charge is 2.19. The molecule has 0 atom stereocenters. The summed E-state index contributed by atoms with van der Waals surface area (Å²) in [6.07, 6.45) is 1.86. The van der Waals surface area contributed by atoms with E-state index in [-0.39, 0.29) is 4.90 Å². The van der Waals surface area contributed by atoms with Crippen LogP contribution in [0.2, 0.25) is 0 Å². The van der Waals surface area contributed by atoms with Crippen molar-refractivity contribution >= 4 is 20.7 Å². The maximum atomic E-state index is 13.1. The van der Waals surface area contributed by atoms with Crippen LogP contribution in [0.25, 0.3) is 10.9 Å². The highest BCUT2D eigenvalue weighted by atomic mass is 32.2. The second kappa shape index (κ2) is 8.14. The predicted molar refractivity (Wildman–Crippen MR) is 110 cm³/mol. The number of nitrogens with zero attached hydrogens (tertiary/aromatic N) is 3. The maximum absolute atomic E-state index is 13.1. The zero-order chi connectivity index (χ0) is 20.4. The lowest BCUT2D eigenvalue weighted by Gasteiger charge is -2.32. The third-order valence-electron chi connectivity index (χ3n) is 5.27. The number of piperazine rings is 1. The summed E-state index contributed by atoms with van der Waals surface area (Å²) < 4.78 is 39.7. The molecule has 4 rings (SSSR count). The fraction of sp³-hybridized carbons (Fsp3) is 0.333. The first kappa shape index (κ1) is 19.9. The van der Waals surface area contributed by atoms with Crippen LogP contribution in [0.5, 0.6) is 0 Å². The minimum Gasteiger partial charge on any atom is -0.397 e. The molecule has 0 bridgehead atoms. The van der Waals surface area contributed by atoms with Gasteiger partial charge in [0.05, 0.1) is 10.4 Å². The average Bonchev–Trinajstić information content (AvgIpc) is 3.06. The quantitative estimate of drug-likeness (QED) is 0.577. The zero-order valence-corrected chi connectivity index (χ0v) is 17.1. The average molecular weight is 418 g/mol. The molecular weight excluding hydrogens is 393 g/mol. The minimum absolute atomic E-state index is 0.0352. The molecule has 0 amide bonds. The van der Waals surface area contributed by atoms with Crippen molar-refractivity contribution in [3.63, 3.8) is 0 Å². The van der Waals surface area contributed by atoms with E-state index in [1.54, 1.807) is 0 Å². The van der Waals surface area contributed by atoms with Gasteiger partial charge in [-0.2, -0.15) is 4.73 Å². The molecule has 1 saturated heterocycles. The Labute approximate surface area is 170 Å². The summed E-state index contributed by atoms with van der Waals surface area (Å²) in [7, 11) is -1.57. The molecule has 0 saturated carbocycles. The maximum Gasteiger partial charge on any atom is 0.219 e. The lowest BCUT2D eigenvalue weighted by atomic mass is 10.1. The van der Waals surface area contributed by atoms with E-state index in [0.29, 0.717) is 0 Å². The van der Waals surface area contributed by atoms with Crippen molar-refractivity contribution in [3.8, 4) is 0 Å². The van der Waals surface area contributed by atoms with Crippen molar-refractivity contribution in [2.75, 3.05) is 39.2 Å². The monoisotopic (exact) mass is 417 g/mol. The number of likely N-dealkylation sites (N-methyl/N-ethyl adjacent to an activating group) is 1. The van der Waals surface area contributed by atoms with Crippen LogP contribution in [0.4, 0.5) is 4.39 Å². The molecule has 2 heterocycles. The highest BCUT2D eigenvalue weighted by molar-refractivity contribution is 7.91. The molecule has 0 unspecified atom stereocenters. The van der Waals surface area contributed by atoms with E-state index < -0.39 is 21.6 Å². The fourth-order valence-electron chi connectivity index (χ4n) is 3.53. The molecule has 154 valence electrons. The van der Waals surface area contributed by atoms with E-state index in [9.17, 15) is 12.8 Å². The number of hydrogen-bond donors (Lipinski definition) is 0. The van der Waals surface area contributed by atoms with Crippen molar-refractivity contribution in [2.24, 2.45) is 0 Å². The number of aromatic nitrogens is 1. The van der Waals surface area contributed by atoms with E-state index in [1.165, 1.54) is 16.9 Å². The summed E-state index contributed by atoms with van der Waals surface area (Å²) in [4.78, 5) is 10.4. The molecule has 0 radical (unpaired) electrons. The molecule has 29 heavy (non-hydrogen) atoms. The van der Waals surface area contributed by atoms with Crippen LogP contribution in [0, 0.1) is 5.82 Å². The molecule has 2 aromatic carbocycles. The van der Waals surface area contributed by atoms with Gasteiger partial charge in [0.25, 0.3) is 0 Å². The Morgan fingerprint density at radius 2 is 1.69 bits per heavy atom. The number of para-hydroxylation sites is 1. The molecule has 6 nitrogen and oxygen atoms in total. The standard InChI is InChI=1S/C21H24FN3O3S/c1-23-10-12-24(13-11-23)14-17-15-25(21-5-3-2-4-20(17)21)28-16-29(26,27)19-8-6-18(22)7-9-19/h2-9,15H,10-14,16H2,1H3. The third kappa shape index (κ3) is 4.44. The molecule has 0 aliphatic carbocycles. The number of rotatable bonds is 6. The molecule has 1 aromatic heterocycles. The first-order chi connectivity index (χ1) is 13.9. The first-order valence-electron chi connectivity index (χ1n) is 9.54. The number of hydrogen-bond acceptors (Lipinski definition) is 5. The lowest BCUT2D eigenvalue weighted by Crippen LogP contribution is -2.43.